The van der Waals surface area contributed by atoms with Gasteiger partial charge < -0.3 is 10.4 Å². The van der Waals surface area contributed by atoms with E-state index in [-0.39, 0.29) is 19.0 Å². The Labute approximate surface area is 82.4 Å². The molecule has 1 rings (SSSR count). The van der Waals surface area contributed by atoms with Gasteiger partial charge >= 0.3 is 5.97 Å². The van der Waals surface area contributed by atoms with E-state index in [1.54, 1.807) is 11.0 Å². The minimum absolute atomic E-state index is 0.129. The van der Waals surface area contributed by atoms with Gasteiger partial charge in [-0.2, -0.15) is 0 Å². The maximum atomic E-state index is 11.2. The molecule has 0 aromatic rings. The molecule has 1 amide bonds. The van der Waals surface area contributed by atoms with E-state index in [0.29, 0.717) is 13.1 Å². The van der Waals surface area contributed by atoms with Crippen LogP contribution in [-0.4, -0.2) is 48.1 Å². The van der Waals surface area contributed by atoms with Crippen molar-refractivity contribution in [2.45, 2.75) is 0 Å². The largest absolute Gasteiger partial charge is 0.481 e. The first kappa shape index (κ1) is 10.7. The van der Waals surface area contributed by atoms with Crippen molar-refractivity contribution < 1.29 is 14.7 Å². The third-order valence-corrected chi connectivity index (χ3v) is 2.13. The summed E-state index contributed by atoms with van der Waals surface area (Å²) in [6.07, 6.45) is 1.66. The number of rotatable bonds is 3. The molecule has 5 nitrogen and oxygen atoms in total. The molecule has 78 valence electrons. The van der Waals surface area contributed by atoms with E-state index < -0.39 is 11.9 Å². The minimum Gasteiger partial charge on any atom is -0.481 e. The number of nitrogens with one attached hydrogen (secondary N) is 1. The molecule has 5 heteroatoms. The molecular formula is C9H14N2O3. The zero-order valence-electron chi connectivity index (χ0n) is 7.90. The number of nitrogens with zero attached hydrogens (tertiary/aromatic N) is 1. The minimum atomic E-state index is -0.874. The van der Waals surface area contributed by atoms with E-state index >= 15 is 0 Å². The molecule has 1 aliphatic heterocycles. The number of carboxylic acid groups (broad SMARTS) is 1. The lowest BCUT2D eigenvalue weighted by Crippen LogP contribution is -2.34. The third-order valence-electron chi connectivity index (χ3n) is 2.13. The van der Waals surface area contributed by atoms with Crippen molar-refractivity contribution in [2.75, 3.05) is 26.2 Å². The van der Waals surface area contributed by atoms with Gasteiger partial charge in [-0.1, -0.05) is 6.08 Å². The first-order valence-electron chi connectivity index (χ1n) is 4.46. The smallest absolute Gasteiger partial charge is 0.309 e. The third kappa shape index (κ3) is 2.85. The van der Waals surface area contributed by atoms with Crippen molar-refractivity contribution in [3.05, 3.63) is 12.7 Å². The quantitative estimate of drug-likeness (QED) is 0.589. The van der Waals surface area contributed by atoms with E-state index in [4.69, 9.17) is 5.11 Å². The fraction of sp³-hybridized carbons (Fsp3) is 0.556. The second kappa shape index (κ2) is 4.76. The number of hydrogen-bond acceptors (Lipinski definition) is 3. The lowest BCUT2D eigenvalue weighted by Gasteiger charge is -2.18. The summed E-state index contributed by atoms with van der Waals surface area (Å²) < 4.78 is 0. The lowest BCUT2D eigenvalue weighted by atomic mass is 10.1. The molecule has 1 aliphatic rings. The fourth-order valence-electron chi connectivity index (χ4n) is 1.42. The summed E-state index contributed by atoms with van der Waals surface area (Å²) in [4.78, 5) is 23.7. The maximum Gasteiger partial charge on any atom is 0.309 e. The Morgan fingerprint density at radius 3 is 3.07 bits per heavy atom. The van der Waals surface area contributed by atoms with Gasteiger partial charge in [0.2, 0.25) is 5.91 Å². The van der Waals surface area contributed by atoms with E-state index in [1.165, 1.54) is 0 Å². The molecule has 2 N–H and O–H groups in total. The average Bonchev–Trinajstić information content (AvgIpc) is 2.28. The first-order chi connectivity index (χ1) is 6.63. The Balaban J connectivity index is 2.62. The summed E-state index contributed by atoms with van der Waals surface area (Å²) in [6, 6.07) is 0. The molecular weight excluding hydrogens is 184 g/mol. The topological polar surface area (TPSA) is 69.6 Å². The highest BCUT2D eigenvalue weighted by Crippen LogP contribution is 2.04. The predicted octanol–water partition coefficient (Wildman–Crippen LogP) is -0.695. The molecule has 0 aliphatic carbocycles. The van der Waals surface area contributed by atoms with Crippen molar-refractivity contribution >= 4 is 11.9 Å². The van der Waals surface area contributed by atoms with Crippen molar-refractivity contribution in [3.63, 3.8) is 0 Å². The van der Waals surface area contributed by atoms with Crippen LogP contribution < -0.4 is 5.32 Å². The van der Waals surface area contributed by atoms with Gasteiger partial charge in [0.1, 0.15) is 0 Å². The average molecular weight is 198 g/mol. The lowest BCUT2D eigenvalue weighted by molar-refractivity contribution is -0.141. The summed E-state index contributed by atoms with van der Waals surface area (Å²) in [5.41, 5.74) is 0. The molecule has 0 bridgehead atoms. The van der Waals surface area contributed by atoms with Crippen LogP contribution in [0.4, 0.5) is 0 Å². The monoisotopic (exact) mass is 198 g/mol. The molecule has 1 fully saturated rings. The van der Waals surface area contributed by atoms with Crippen molar-refractivity contribution in [1.29, 1.82) is 0 Å². The number of aliphatic carboxylic acids is 1. The van der Waals surface area contributed by atoms with Crippen LogP contribution in [0.2, 0.25) is 0 Å². The molecule has 0 aromatic carbocycles. The molecule has 1 atom stereocenters. The van der Waals surface area contributed by atoms with Crippen LogP contribution in [0.3, 0.4) is 0 Å². The number of carbonyl (C=O) groups excluding carboxylic acids is 1. The summed E-state index contributed by atoms with van der Waals surface area (Å²) in [5.74, 6) is -1.53. The molecule has 1 heterocycles. The SMILES string of the molecule is C=CCN1CC(=O)NCC(C(=O)O)C1. The zero-order chi connectivity index (χ0) is 10.6. The zero-order valence-corrected chi connectivity index (χ0v) is 7.90. The van der Waals surface area contributed by atoms with Gasteiger partial charge in [0.25, 0.3) is 0 Å². The number of amides is 1. The Hall–Kier alpha value is -1.36. The van der Waals surface area contributed by atoms with Gasteiger partial charge in [0, 0.05) is 19.6 Å². The van der Waals surface area contributed by atoms with E-state index in [9.17, 15) is 9.59 Å². The van der Waals surface area contributed by atoms with Gasteiger partial charge in [-0.3, -0.25) is 14.5 Å². The number of hydrogen-bond donors (Lipinski definition) is 2. The molecule has 0 spiro atoms. The Bertz CT molecular complexity index is 252. The molecule has 14 heavy (non-hydrogen) atoms. The van der Waals surface area contributed by atoms with Crippen molar-refractivity contribution in [1.82, 2.24) is 10.2 Å². The second-order valence-electron chi connectivity index (χ2n) is 3.32. The molecule has 1 unspecified atom stereocenters. The number of carbonyl (C=O) groups is 2. The summed E-state index contributed by atoms with van der Waals surface area (Å²) in [5, 5.41) is 11.4. The highest BCUT2D eigenvalue weighted by atomic mass is 16.4. The standard InChI is InChI=1S/C9H14N2O3/c1-2-3-11-5-7(9(13)14)4-10-8(12)6-11/h2,7H,1,3-6H2,(H,10,12)(H,13,14). The Morgan fingerprint density at radius 1 is 1.79 bits per heavy atom. The second-order valence-corrected chi connectivity index (χ2v) is 3.32. The first-order valence-corrected chi connectivity index (χ1v) is 4.46. The van der Waals surface area contributed by atoms with Crippen LogP contribution in [0.25, 0.3) is 0 Å². The summed E-state index contributed by atoms with van der Waals surface area (Å²) in [7, 11) is 0. The van der Waals surface area contributed by atoms with E-state index in [2.05, 4.69) is 11.9 Å². The van der Waals surface area contributed by atoms with Crippen LogP contribution in [0.5, 0.6) is 0 Å². The van der Waals surface area contributed by atoms with Crippen molar-refractivity contribution in [3.8, 4) is 0 Å². The normalized spacial score (nSPS) is 23.7. The summed E-state index contributed by atoms with van der Waals surface area (Å²) >= 11 is 0. The highest BCUT2D eigenvalue weighted by Gasteiger charge is 2.25. The molecule has 0 saturated carbocycles. The van der Waals surface area contributed by atoms with E-state index in [0.717, 1.165) is 0 Å². The molecule has 1 saturated heterocycles. The van der Waals surface area contributed by atoms with Gasteiger partial charge in [-0.05, 0) is 0 Å². The van der Waals surface area contributed by atoms with Gasteiger partial charge in [-0.15, -0.1) is 6.58 Å². The highest BCUT2D eigenvalue weighted by molar-refractivity contribution is 5.80. The van der Waals surface area contributed by atoms with Gasteiger partial charge in [-0.25, -0.2) is 0 Å². The van der Waals surface area contributed by atoms with Crippen LogP contribution in [0.15, 0.2) is 12.7 Å². The molecule has 0 aromatic heterocycles. The fourth-order valence-corrected chi connectivity index (χ4v) is 1.42. The van der Waals surface area contributed by atoms with Crippen LogP contribution in [0.1, 0.15) is 0 Å². The van der Waals surface area contributed by atoms with Crippen LogP contribution in [-0.2, 0) is 9.59 Å². The maximum absolute atomic E-state index is 11.2. The Kier molecular flexibility index (Phi) is 3.64. The van der Waals surface area contributed by atoms with Crippen LogP contribution >= 0.6 is 0 Å². The summed E-state index contributed by atoms with van der Waals surface area (Å²) in [6.45, 7) is 4.94. The Morgan fingerprint density at radius 2 is 2.50 bits per heavy atom. The van der Waals surface area contributed by atoms with E-state index in [1.807, 2.05) is 0 Å². The predicted molar refractivity (Wildman–Crippen MR) is 50.8 cm³/mol. The van der Waals surface area contributed by atoms with Crippen molar-refractivity contribution in [2.24, 2.45) is 5.92 Å². The van der Waals surface area contributed by atoms with Crippen LogP contribution in [0, 0.1) is 5.92 Å². The number of carboxylic acids is 1. The molecule has 0 radical (unpaired) electrons. The van der Waals surface area contributed by atoms with Gasteiger partial charge in [0.15, 0.2) is 0 Å². The van der Waals surface area contributed by atoms with Gasteiger partial charge in [0.05, 0.1) is 12.5 Å².